The molecule has 5 aromatic rings. The molecule has 0 saturated carbocycles. The second-order valence-corrected chi connectivity index (χ2v) is 8.35. The summed E-state index contributed by atoms with van der Waals surface area (Å²) in [6.45, 7) is 2.00. The Balaban J connectivity index is 1.60. The standard InChI is InChI=1S/C27H18BrNO2/c1-17-5-4-8-23-24(16-25(29-26(17)23)19-9-12-21(28)13-10-19)27(30)31-22-14-11-18-6-2-3-7-20(18)15-22/h2-16H,1H3. The molecule has 1 aromatic heterocycles. The third-order valence-electron chi connectivity index (χ3n) is 5.33. The number of fused-ring (bicyclic) bond motifs is 2. The number of hydrogen-bond donors (Lipinski definition) is 0. The lowest BCUT2D eigenvalue weighted by Crippen LogP contribution is -2.10. The van der Waals surface area contributed by atoms with Crippen molar-refractivity contribution in [2.45, 2.75) is 6.92 Å². The number of aromatic nitrogens is 1. The minimum Gasteiger partial charge on any atom is -0.423 e. The van der Waals surface area contributed by atoms with Crippen LogP contribution in [0.5, 0.6) is 5.75 Å². The smallest absolute Gasteiger partial charge is 0.344 e. The minimum absolute atomic E-state index is 0.397. The molecule has 31 heavy (non-hydrogen) atoms. The van der Waals surface area contributed by atoms with Gasteiger partial charge in [0.25, 0.3) is 0 Å². The Morgan fingerprint density at radius 2 is 1.61 bits per heavy atom. The molecule has 0 N–H and O–H groups in total. The molecule has 0 aliphatic carbocycles. The summed E-state index contributed by atoms with van der Waals surface area (Å²) in [7, 11) is 0. The van der Waals surface area contributed by atoms with Gasteiger partial charge in [-0.05, 0) is 53.6 Å². The second-order valence-electron chi connectivity index (χ2n) is 7.43. The van der Waals surface area contributed by atoms with Crippen LogP contribution in [0.1, 0.15) is 15.9 Å². The van der Waals surface area contributed by atoms with Crippen molar-refractivity contribution in [1.82, 2.24) is 4.98 Å². The Kier molecular flexibility index (Phi) is 5.00. The number of rotatable bonds is 3. The third-order valence-corrected chi connectivity index (χ3v) is 5.86. The molecule has 0 aliphatic rings. The highest BCUT2D eigenvalue weighted by molar-refractivity contribution is 9.10. The van der Waals surface area contributed by atoms with Gasteiger partial charge in [-0.15, -0.1) is 0 Å². The maximum absolute atomic E-state index is 13.3. The highest BCUT2D eigenvalue weighted by Gasteiger charge is 2.17. The van der Waals surface area contributed by atoms with E-state index >= 15 is 0 Å². The molecule has 5 rings (SSSR count). The molecule has 0 unspecified atom stereocenters. The van der Waals surface area contributed by atoms with Crippen molar-refractivity contribution < 1.29 is 9.53 Å². The van der Waals surface area contributed by atoms with Crippen molar-refractivity contribution in [2.24, 2.45) is 0 Å². The Morgan fingerprint density at radius 3 is 2.42 bits per heavy atom. The van der Waals surface area contributed by atoms with E-state index in [1.165, 1.54) is 0 Å². The average Bonchev–Trinajstić information content (AvgIpc) is 2.79. The van der Waals surface area contributed by atoms with Crippen LogP contribution in [0.2, 0.25) is 0 Å². The van der Waals surface area contributed by atoms with Crippen LogP contribution in [-0.2, 0) is 0 Å². The van der Waals surface area contributed by atoms with Crippen LogP contribution in [0.4, 0.5) is 0 Å². The molecular weight excluding hydrogens is 450 g/mol. The third kappa shape index (κ3) is 3.82. The predicted molar refractivity (Wildman–Crippen MR) is 129 cm³/mol. The van der Waals surface area contributed by atoms with Crippen LogP contribution in [0, 0.1) is 6.92 Å². The van der Waals surface area contributed by atoms with Gasteiger partial charge in [0.2, 0.25) is 0 Å². The van der Waals surface area contributed by atoms with Crippen LogP contribution in [0.3, 0.4) is 0 Å². The number of aryl methyl sites for hydroxylation is 1. The number of carbonyl (C=O) groups is 1. The van der Waals surface area contributed by atoms with Crippen molar-refractivity contribution in [1.29, 1.82) is 0 Å². The number of esters is 1. The quantitative estimate of drug-likeness (QED) is 0.205. The van der Waals surface area contributed by atoms with E-state index < -0.39 is 5.97 Å². The molecule has 4 aromatic carbocycles. The molecule has 3 nitrogen and oxygen atoms in total. The normalized spacial score (nSPS) is 11.0. The average molecular weight is 468 g/mol. The molecule has 0 spiro atoms. The number of ether oxygens (including phenoxy) is 1. The number of carbonyl (C=O) groups excluding carboxylic acids is 1. The second kappa shape index (κ2) is 7.97. The summed E-state index contributed by atoms with van der Waals surface area (Å²) in [5.74, 6) is 0.123. The lowest BCUT2D eigenvalue weighted by atomic mass is 10.0. The molecule has 150 valence electrons. The van der Waals surface area contributed by atoms with E-state index in [1.54, 1.807) is 0 Å². The Labute approximate surface area is 188 Å². The van der Waals surface area contributed by atoms with Crippen LogP contribution < -0.4 is 4.74 Å². The number of hydrogen-bond acceptors (Lipinski definition) is 3. The number of nitrogens with zero attached hydrogens (tertiary/aromatic N) is 1. The molecule has 0 aliphatic heterocycles. The molecule has 4 heteroatoms. The first-order chi connectivity index (χ1) is 15.1. The van der Waals surface area contributed by atoms with E-state index in [0.717, 1.165) is 43.0 Å². The lowest BCUT2D eigenvalue weighted by Gasteiger charge is -2.12. The highest BCUT2D eigenvalue weighted by atomic mass is 79.9. The Hall–Kier alpha value is -3.50. The predicted octanol–water partition coefficient (Wildman–Crippen LogP) is 7.35. The van der Waals surface area contributed by atoms with Gasteiger partial charge in [-0.2, -0.15) is 0 Å². The van der Waals surface area contributed by atoms with E-state index in [9.17, 15) is 4.79 Å². The topological polar surface area (TPSA) is 39.2 Å². The van der Waals surface area contributed by atoms with Gasteiger partial charge in [0.1, 0.15) is 5.75 Å². The molecule has 0 bridgehead atoms. The highest BCUT2D eigenvalue weighted by Crippen LogP contribution is 2.29. The lowest BCUT2D eigenvalue weighted by molar-refractivity contribution is 0.0737. The van der Waals surface area contributed by atoms with Crippen molar-refractivity contribution in [2.75, 3.05) is 0 Å². The number of benzene rings is 4. The van der Waals surface area contributed by atoms with E-state index in [2.05, 4.69) is 15.9 Å². The largest absolute Gasteiger partial charge is 0.423 e. The minimum atomic E-state index is -0.397. The van der Waals surface area contributed by atoms with Gasteiger partial charge in [-0.1, -0.05) is 76.6 Å². The van der Waals surface area contributed by atoms with Gasteiger partial charge >= 0.3 is 5.97 Å². The fraction of sp³-hybridized carbons (Fsp3) is 0.0370. The van der Waals surface area contributed by atoms with Gasteiger partial charge in [-0.25, -0.2) is 9.78 Å². The number of halogens is 1. The summed E-state index contributed by atoms with van der Waals surface area (Å²) in [6.07, 6.45) is 0. The van der Waals surface area contributed by atoms with E-state index in [4.69, 9.17) is 9.72 Å². The van der Waals surface area contributed by atoms with Crippen molar-refractivity contribution in [3.63, 3.8) is 0 Å². The molecule has 0 fully saturated rings. The van der Waals surface area contributed by atoms with Crippen LogP contribution >= 0.6 is 15.9 Å². The summed E-state index contributed by atoms with van der Waals surface area (Å²) < 4.78 is 6.78. The van der Waals surface area contributed by atoms with Crippen LogP contribution in [0.25, 0.3) is 32.9 Å². The summed E-state index contributed by atoms with van der Waals surface area (Å²) in [6, 6.07) is 29.2. The monoisotopic (exact) mass is 467 g/mol. The SMILES string of the molecule is Cc1cccc2c(C(=O)Oc3ccc4ccccc4c3)cc(-c3ccc(Br)cc3)nc12. The molecule has 0 saturated heterocycles. The van der Waals surface area contributed by atoms with Gasteiger partial charge in [0.15, 0.2) is 0 Å². The summed E-state index contributed by atoms with van der Waals surface area (Å²) >= 11 is 3.47. The fourth-order valence-corrected chi connectivity index (χ4v) is 3.99. The zero-order chi connectivity index (χ0) is 21.4. The zero-order valence-electron chi connectivity index (χ0n) is 16.8. The Bertz CT molecular complexity index is 1440. The summed E-state index contributed by atoms with van der Waals surface area (Å²) in [5.41, 5.74) is 3.98. The summed E-state index contributed by atoms with van der Waals surface area (Å²) in [5, 5.41) is 2.91. The zero-order valence-corrected chi connectivity index (χ0v) is 18.4. The van der Waals surface area contributed by atoms with Crippen molar-refractivity contribution in [3.8, 4) is 17.0 Å². The van der Waals surface area contributed by atoms with E-state index in [-0.39, 0.29) is 0 Å². The first kappa shape index (κ1) is 19.5. The molecule has 0 radical (unpaired) electrons. The molecule has 0 atom stereocenters. The van der Waals surface area contributed by atoms with Crippen LogP contribution in [0.15, 0.2) is 95.5 Å². The first-order valence-electron chi connectivity index (χ1n) is 9.96. The molecule has 1 heterocycles. The molecular formula is C27H18BrNO2. The maximum atomic E-state index is 13.3. The fourth-order valence-electron chi connectivity index (χ4n) is 3.72. The van der Waals surface area contributed by atoms with E-state index in [0.29, 0.717) is 11.3 Å². The summed E-state index contributed by atoms with van der Waals surface area (Å²) in [4.78, 5) is 18.1. The Morgan fingerprint density at radius 1 is 0.839 bits per heavy atom. The van der Waals surface area contributed by atoms with Gasteiger partial charge in [0, 0.05) is 15.4 Å². The van der Waals surface area contributed by atoms with Gasteiger partial charge < -0.3 is 4.74 Å². The van der Waals surface area contributed by atoms with Gasteiger partial charge in [-0.3, -0.25) is 0 Å². The van der Waals surface area contributed by atoms with Crippen molar-refractivity contribution in [3.05, 3.63) is 107 Å². The maximum Gasteiger partial charge on any atom is 0.344 e. The molecule has 0 amide bonds. The van der Waals surface area contributed by atoms with E-state index in [1.807, 2.05) is 97.9 Å². The van der Waals surface area contributed by atoms with Gasteiger partial charge in [0.05, 0.1) is 16.8 Å². The van der Waals surface area contributed by atoms with Crippen molar-refractivity contribution >= 4 is 43.6 Å². The number of para-hydroxylation sites is 1. The van der Waals surface area contributed by atoms with Crippen LogP contribution in [-0.4, -0.2) is 11.0 Å². The number of pyridine rings is 1. The first-order valence-corrected chi connectivity index (χ1v) is 10.7.